The van der Waals surface area contributed by atoms with Gasteiger partial charge in [-0.3, -0.25) is 14.3 Å². The molecule has 22 heavy (non-hydrogen) atoms. The fourth-order valence-corrected chi connectivity index (χ4v) is 2.02. The Balaban J connectivity index is 2.41. The molecule has 0 fully saturated rings. The second-order valence-electron chi connectivity index (χ2n) is 4.58. The number of hydrogen-bond donors (Lipinski definition) is 1. The predicted molar refractivity (Wildman–Crippen MR) is 78.5 cm³/mol. The molecule has 1 aromatic heterocycles. The number of carboxylic acid groups (broad SMARTS) is 1. The maximum atomic E-state index is 12.5. The van der Waals surface area contributed by atoms with E-state index in [1.54, 1.807) is 42.9 Å². The normalized spacial score (nSPS) is 10.8. The maximum absolute atomic E-state index is 12.5. The number of rotatable bonds is 4. The largest absolute Gasteiger partial charge is 0.545 e. The molecule has 0 saturated carbocycles. The van der Waals surface area contributed by atoms with Crippen molar-refractivity contribution in [3.8, 4) is 5.69 Å². The summed E-state index contributed by atoms with van der Waals surface area (Å²) in [6, 6.07) is 8.96. The minimum Gasteiger partial charge on any atom is -0.545 e. The number of anilines is 1. The number of aliphatic carboxylic acids is 1. The van der Waals surface area contributed by atoms with Gasteiger partial charge in [0.15, 0.2) is 0 Å². The van der Waals surface area contributed by atoms with Gasteiger partial charge >= 0.3 is 0 Å². The van der Waals surface area contributed by atoms with Crippen LogP contribution in [0, 0.1) is 6.92 Å². The molecular formula is C15H14N3O4-. The molecular weight excluding hydrogens is 286 g/mol. The van der Waals surface area contributed by atoms with E-state index in [1.807, 2.05) is 6.07 Å². The maximum Gasteiger partial charge on any atom is 0.295 e. The standard InChI is InChI=1S/C15H15N3O4/c1-10-14(16-12(19)8-9-13(20)21)15(22)18(17(10)2)11-6-4-3-5-7-11/h3-9H,1-2H3,(H,16,19)(H,20,21)/p-1/b9-8+. The molecule has 0 unspecified atom stereocenters. The first-order valence-corrected chi connectivity index (χ1v) is 6.46. The van der Waals surface area contributed by atoms with Crippen LogP contribution in [0.1, 0.15) is 5.69 Å². The predicted octanol–water partition coefficient (Wildman–Crippen LogP) is -0.271. The van der Waals surface area contributed by atoms with Crippen molar-refractivity contribution in [2.75, 3.05) is 5.32 Å². The molecule has 0 spiro atoms. The molecule has 2 rings (SSSR count). The molecule has 1 amide bonds. The zero-order valence-corrected chi connectivity index (χ0v) is 12.1. The van der Waals surface area contributed by atoms with E-state index in [0.29, 0.717) is 17.5 Å². The van der Waals surface area contributed by atoms with Crippen LogP contribution in [-0.2, 0) is 16.6 Å². The molecule has 0 bridgehead atoms. The summed E-state index contributed by atoms with van der Waals surface area (Å²) in [7, 11) is 1.69. The zero-order chi connectivity index (χ0) is 16.3. The zero-order valence-electron chi connectivity index (χ0n) is 12.1. The van der Waals surface area contributed by atoms with Crippen molar-refractivity contribution in [2.24, 2.45) is 7.05 Å². The van der Waals surface area contributed by atoms with Crippen LogP contribution in [0.15, 0.2) is 47.3 Å². The van der Waals surface area contributed by atoms with Crippen molar-refractivity contribution in [1.82, 2.24) is 9.36 Å². The van der Waals surface area contributed by atoms with Crippen LogP contribution >= 0.6 is 0 Å². The summed E-state index contributed by atoms with van der Waals surface area (Å²) in [5.41, 5.74) is 0.897. The topological polar surface area (TPSA) is 96.2 Å². The summed E-state index contributed by atoms with van der Waals surface area (Å²) >= 11 is 0. The van der Waals surface area contributed by atoms with Crippen LogP contribution in [0.5, 0.6) is 0 Å². The van der Waals surface area contributed by atoms with Crippen LogP contribution in [0.2, 0.25) is 0 Å². The lowest BCUT2D eigenvalue weighted by Crippen LogP contribution is -2.23. The van der Waals surface area contributed by atoms with Gasteiger partial charge in [0, 0.05) is 13.1 Å². The highest BCUT2D eigenvalue weighted by atomic mass is 16.4. The van der Waals surface area contributed by atoms with E-state index in [0.717, 1.165) is 6.08 Å². The van der Waals surface area contributed by atoms with E-state index in [1.165, 1.54) is 4.68 Å². The van der Waals surface area contributed by atoms with E-state index in [2.05, 4.69) is 5.32 Å². The molecule has 1 N–H and O–H groups in total. The Morgan fingerprint density at radius 2 is 1.82 bits per heavy atom. The molecule has 1 heterocycles. The minimum absolute atomic E-state index is 0.0966. The van der Waals surface area contributed by atoms with E-state index in [9.17, 15) is 19.5 Å². The van der Waals surface area contributed by atoms with Gasteiger partial charge in [-0.05, 0) is 25.1 Å². The third-order valence-electron chi connectivity index (χ3n) is 3.17. The number of carbonyl (C=O) groups is 2. The number of amides is 1. The third kappa shape index (κ3) is 2.98. The average molecular weight is 300 g/mol. The van der Waals surface area contributed by atoms with Gasteiger partial charge in [-0.1, -0.05) is 18.2 Å². The van der Waals surface area contributed by atoms with Crippen LogP contribution < -0.4 is 16.0 Å². The van der Waals surface area contributed by atoms with Crippen molar-refractivity contribution < 1.29 is 14.7 Å². The van der Waals surface area contributed by atoms with E-state index >= 15 is 0 Å². The highest BCUT2D eigenvalue weighted by Gasteiger charge is 2.16. The molecule has 0 aliphatic carbocycles. The van der Waals surface area contributed by atoms with Gasteiger partial charge < -0.3 is 15.2 Å². The highest BCUT2D eigenvalue weighted by Crippen LogP contribution is 2.13. The van der Waals surface area contributed by atoms with Crippen LogP contribution in [0.4, 0.5) is 5.69 Å². The molecule has 114 valence electrons. The Kier molecular flexibility index (Phi) is 4.26. The fourth-order valence-electron chi connectivity index (χ4n) is 2.02. The number of carboxylic acids is 1. The molecule has 0 aliphatic rings. The van der Waals surface area contributed by atoms with Crippen LogP contribution in [0.3, 0.4) is 0 Å². The monoisotopic (exact) mass is 300 g/mol. The smallest absolute Gasteiger partial charge is 0.295 e. The fraction of sp³-hybridized carbons (Fsp3) is 0.133. The van der Waals surface area contributed by atoms with Gasteiger partial charge in [-0.15, -0.1) is 0 Å². The van der Waals surface area contributed by atoms with E-state index in [4.69, 9.17) is 0 Å². The van der Waals surface area contributed by atoms with Crippen molar-refractivity contribution in [3.63, 3.8) is 0 Å². The first-order chi connectivity index (χ1) is 10.4. The Hall–Kier alpha value is -3.09. The van der Waals surface area contributed by atoms with Gasteiger partial charge in [0.2, 0.25) is 5.91 Å². The van der Waals surface area contributed by atoms with Crippen LogP contribution in [0.25, 0.3) is 5.69 Å². The number of nitrogens with one attached hydrogen (secondary N) is 1. The summed E-state index contributed by atoms with van der Waals surface area (Å²) in [6.07, 6.45) is 1.40. The summed E-state index contributed by atoms with van der Waals surface area (Å²) < 4.78 is 3.02. The molecule has 2 aromatic rings. The second kappa shape index (κ2) is 6.13. The summed E-state index contributed by atoms with van der Waals surface area (Å²) in [6.45, 7) is 1.68. The lowest BCUT2D eigenvalue weighted by molar-refractivity contribution is -0.297. The van der Waals surface area contributed by atoms with Crippen LogP contribution in [-0.4, -0.2) is 21.2 Å². The Morgan fingerprint density at radius 3 is 2.41 bits per heavy atom. The lowest BCUT2D eigenvalue weighted by Gasteiger charge is -2.07. The SMILES string of the molecule is Cc1c(NC(=O)/C=C/C(=O)[O-])c(=O)n(-c2ccccc2)n1C. The highest BCUT2D eigenvalue weighted by molar-refractivity contribution is 6.02. The lowest BCUT2D eigenvalue weighted by atomic mass is 10.3. The molecule has 0 atom stereocenters. The molecule has 0 saturated heterocycles. The van der Waals surface area contributed by atoms with Crippen molar-refractivity contribution in [3.05, 3.63) is 58.5 Å². The van der Waals surface area contributed by atoms with Gasteiger partial charge in [-0.25, -0.2) is 4.68 Å². The number of carbonyl (C=O) groups excluding carboxylic acids is 2. The Morgan fingerprint density at radius 1 is 1.18 bits per heavy atom. The van der Waals surface area contributed by atoms with Gasteiger partial charge in [0.25, 0.3) is 5.56 Å². The van der Waals surface area contributed by atoms with Crippen molar-refractivity contribution in [1.29, 1.82) is 0 Å². The number of aromatic nitrogens is 2. The van der Waals surface area contributed by atoms with Crippen molar-refractivity contribution >= 4 is 17.6 Å². The number of hydrogen-bond acceptors (Lipinski definition) is 4. The van der Waals surface area contributed by atoms with Crippen molar-refractivity contribution in [2.45, 2.75) is 6.92 Å². The molecule has 0 aliphatic heterocycles. The number of nitrogens with zero attached hydrogens (tertiary/aromatic N) is 2. The average Bonchev–Trinajstić information content (AvgIpc) is 2.70. The minimum atomic E-state index is -1.48. The summed E-state index contributed by atoms with van der Waals surface area (Å²) in [4.78, 5) is 34.4. The second-order valence-corrected chi connectivity index (χ2v) is 4.58. The first-order valence-electron chi connectivity index (χ1n) is 6.46. The Labute approximate surface area is 126 Å². The molecule has 1 aromatic carbocycles. The first kappa shape index (κ1) is 15.3. The van der Waals surface area contributed by atoms with Gasteiger partial charge in [0.1, 0.15) is 5.69 Å². The molecule has 7 heteroatoms. The van der Waals surface area contributed by atoms with E-state index < -0.39 is 17.4 Å². The number of benzene rings is 1. The van der Waals surface area contributed by atoms with E-state index in [-0.39, 0.29) is 5.69 Å². The quantitative estimate of drug-likeness (QED) is 0.786. The van der Waals surface area contributed by atoms with Gasteiger partial charge in [0.05, 0.1) is 17.4 Å². The summed E-state index contributed by atoms with van der Waals surface area (Å²) in [5, 5.41) is 12.7. The molecule has 7 nitrogen and oxygen atoms in total. The third-order valence-corrected chi connectivity index (χ3v) is 3.17. The Bertz CT molecular complexity index is 800. The molecule has 0 radical (unpaired) electrons. The summed E-state index contributed by atoms with van der Waals surface area (Å²) in [5.74, 6) is -2.20. The van der Waals surface area contributed by atoms with Gasteiger partial charge in [-0.2, -0.15) is 0 Å². The number of para-hydroxylation sites is 1.